The second-order valence-corrected chi connectivity index (χ2v) is 13.2. The molecule has 236 valence electrons. The van der Waals surface area contributed by atoms with E-state index in [9.17, 15) is 0 Å². The molecule has 3 heteroatoms. The smallest absolute Gasteiger partial charge is 0.138 e. The molecule has 0 N–H and O–H groups in total. The maximum Gasteiger partial charge on any atom is 0.138 e. The van der Waals surface area contributed by atoms with Crippen LogP contribution < -0.4 is 4.90 Å². The molecule has 3 heterocycles. The number of fused-ring (bicyclic) bond motifs is 6. The van der Waals surface area contributed by atoms with Gasteiger partial charge in [0.2, 0.25) is 0 Å². The molecule has 10 rings (SSSR count). The first-order chi connectivity index (χ1) is 24.8. The Hall–Kier alpha value is -6.45. The summed E-state index contributed by atoms with van der Waals surface area (Å²) in [6.45, 7) is 0. The van der Waals surface area contributed by atoms with Crippen LogP contribution in [0.25, 0.3) is 55.5 Å². The number of pyridine rings is 1. The summed E-state index contributed by atoms with van der Waals surface area (Å²) >= 11 is 0. The van der Waals surface area contributed by atoms with E-state index in [1.165, 1.54) is 61.1 Å². The van der Waals surface area contributed by atoms with Crippen LogP contribution in [-0.4, -0.2) is 9.55 Å². The number of nitrogens with zero attached hydrogens (tertiary/aromatic N) is 3. The molecule has 2 aliphatic rings. The van der Waals surface area contributed by atoms with E-state index in [2.05, 4.69) is 191 Å². The lowest BCUT2D eigenvalue weighted by Crippen LogP contribution is -2.17. The van der Waals surface area contributed by atoms with Gasteiger partial charge in [-0.1, -0.05) is 133 Å². The molecule has 0 bridgehead atoms. The summed E-state index contributed by atoms with van der Waals surface area (Å²) in [5.41, 5.74) is 14.3. The fourth-order valence-corrected chi connectivity index (χ4v) is 7.96. The van der Waals surface area contributed by atoms with Crippen molar-refractivity contribution >= 4 is 38.9 Å². The van der Waals surface area contributed by atoms with Crippen molar-refractivity contribution in [3.05, 3.63) is 199 Å². The molecule has 0 saturated carbocycles. The lowest BCUT2D eigenvalue weighted by atomic mass is 9.87. The van der Waals surface area contributed by atoms with Crippen LogP contribution in [0.15, 0.2) is 188 Å². The zero-order valence-corrected chi connectivity index (χ0v) is 27.4. The highest BCUT2D eigenvalue weighted by Gasteiger charge is 2.36. The molecule has 0 amide bonds. The number of anilines is 2. The summed E-state index contributed by atoms with van der Waals surface area (Å²) in [6, 6.07) is 60.9. The van der Waals surface area contributed by atoms with Crippen LogP contribution >= 0.6 is 0 Å². The number of rotatable bonds is 5. The molecule has 1 atom stereocenters. The van der Waals surface area contributed by atoms with Gasteiger partial charge in [0, 0.05) is 33.6 Å². The van der Waals surface area contributed by atoms with E-state index in [1.54, 1.807) is 0 Å². The van der Waals surface area contributed by atoms with Gasteiger partial charge in [0.05, 0.1) is 22.4 Å². The largest absolute Gasteiger partial charge is 0.309 e. The number of aromatic nitrogens is 2. The van der Waals surface area contributed by atoms with E-state index in [1.807, 2.05) is 0 Å². The van der Waals surface area contributed by atoms with Gasteiger partial charge in [0.25, 0.3) is 0 Å². The first-order valence-electron chi connectivity index (χ1n) is 17.3. The molecule has 0 saturated heterocycles. The predicted octanol–water partition coefficient (Wildman–Crippen LogP) is 12.1. The predicted molar refractivity (Wildman–Crippen MR) is 208 cm³/mol. The van der Waals surface area contributed by atoms with E-state index >= 15 is 0 Å². The minimum Gasteiger partial charge on any atom is -0.309 e. The Morgan fingerprint density at radius 3 is 2.02 bits per heavy atom. The Labute approximate surface area is 291 Å². The van der Waals surface area contributed by atoms with Gasteiger partial charge in [-0.05, 0) is 82.8 Å². The molecule has 3 nitrogen and oxygen atoms in total. The van der Waals surface area contributed by atoms with Crippen LogP contribution in [0.3, 0.4) is 0 Å². The summed E-state index contributed by atoms with van der Waals surface area (Å²) < 4.78 is 2.40. The van der Waals surface area contributed by atoms with Gasteiger partial charge in [-0.25, -0.2) is 4.98 Å². The standard InChI is InChI=1S/C47H33N3/c1-4-14-32(15-5-1)36-28-42(33-16-6-2-7-17-33)48-47(31-36)50-44-23-13-11-21-39(44)41-27-25-35(30-46(41)50)34-24-26-40-38-20-10-12-22-43(38)49(45(40)29-34)37-18-8-3-9-19-37/h1-26,28-31,41H,27H2. The number of hydrogen-bond donors (Lipinski definition) is 0. The first-order valence-corrected chi connectivity index (χ1v) is 17.3. The second-order valence-electron chi connectivity index (χ2n) is 13.2. The van der Waals surface area contributed by atoms with Crippen molar-refractivity contribution in [1.29, 1.82) is 0 Å². The Balaban J connectivity index is 1.14. The minimum absolute atomic E-state index is 0.261. The van der Waals surface area contributed by atoms with E-state index < -0.39 is 0 Å². The summed E-state index contributed by atoms with van der Waals surface area (Å²) in [4.78, 5) is 7.78. The number of allylic oxidation sites excluding steroid dienone is 4. The van der Waals surface area contributed by atoms with Crippen molar-refractivity contribution < 1.29 is 0 Å². The summed E-state index contributed by atoms with van der Waals surface area (Å²) in [5.74, 6) is 1.20. The highest BCUT2D eigenvalue weighted by atomic mass is 15.2. The van der Waals surface area contributed by atoms with Crippen molar-refractivity contribution in [2.24, 2.45) is 0 Å². The lowest BCUT2D eigenvalue weighted by molar-refractivity contribution is 0.820. The average molecular weight is 640 g/mol. The molecular formula is C47H33N3. The van der Waals surface area contributed by atoms with Gasteiger partial charge < -0.3 is 4.57 Å². The number of para-hydroxylation sites is 3. The zero-order valence-electron chi connectivity index (χ0n) is 27.4. The molecule has 6 aromatic carbocycles. The molecule has 50 heavy (non-hydrogen) atoms. The highest BCUT2D eigenvalue weighted by molar-refractivity contribution is 6.10. The van der Waals surface area contributed by atoms with Crippen LogP contribution in [0.4, 0.5) is 11.5 Å². The maximum atomic E-state index is 5.37. The fourth-order valence-electron chi connectivity index (χ4n) is 7.96. The van der Waals surface area contributed by atoms with Gasteiger partial charge in [-0.2, -0.15) is 0 Å². The van der Waals surface area contributed by atoms with Crippen LogP contribution in [0.5, 0.6) is 0 Å². The molecule has 2 aromatic heterocycles. The SMILES string of the molecule is C1=C(c2ccc3c4ccccc4n(-c4ccccc4)c3c2)C=C2C(C1)c1ccccc1N2c1cc(-c2ccccc2)cc(-c2ccccc2)n1. The molecule has 1 unspecified atom stereocenters. The molecule has 8 aromatic rings. The van der Waals surface area contributed by atoms with Gasteiger partial charge in [-0.3, -0.25) is 4.90 Å². The minimum atomic E-state index is 0.261. The van der Waals surface area contributed by atoms with Gasteiger partial charge >= 0.3 is 0 Å². The third kappa shape index (κ3) is 4.62. The third-order valence-corrected chi connectivity index (χ3v) is 10.3. The van der Waals surface area contributed by atoms with Crippen LogP contribution in [-0.2, 0) is 0 Å². The van der Waals surface area contributed by atoms with Crippen molar-refractivity contribution in [3.8, 4) is 28.1 Å². The van der Waals surface area contributed by atoms with E-state index in [-0.39, 0.29) is 5.92 Å². The summed E-state index contributed by atoms with van der Waals surface area (Å²) in [6.07, 6.45) is 5.76. The van der Waals surface area contributed by atoms with Gasteiger partial charge in [0.15, 0.2) is 0 Å². The van der Waals surface area contributed by atoms with Crippen molar-refractivity contribution in [3.63, 3.8) is 0 Å². The Morgan fingerprint density at radius 2 is 1.20 bits per heavy atom. The molecular weight excluding hydrogens is 607 g/mol. The fraction of sp³-hybridized carbons (Fsp3) is 0.0426. The summed E-state index contributed by atoms with van der Waals surface area (Å²) in [7, 11) is 0. The Morgan fingerprint density at radius 1 is 0.520 bits per heavy atom. The highest BCUT2D eigenvalue weighted by Crippen LogP contribution is 2.52. The topological polar surface area (TPSA) is 21.1 Å². The Kier molecular flexibility index (Phi) is 6.63. The lowest BCUT2D eigenvalue weighted by Gasteiger charge is -2.26. The van der Waals surface area contributed by atoms with E-state index in [0.29, 0.717) is 0 Å². The molecule has 0 spiro atoms. The Bertz CT molecular complexity index is 2560. The first kappa shape index (κ1) is 28.6. The van der Waals surface area contributed by atoms with E-state index in [4.69, 9.17) is 4.98 Å². The van der Waals surface area contributed by atoms with Gasteiger partial charge in [-0.15, -0.1) is 0 Å². The summed E-state index contributed by atoms with van der Waals surface area (Å²) in [5, 5.41) is 2.53. The van der Waals surface area contributed by atoms with Gasteiger partial charge in [0.1, 0.15) is 5.82 Å². The number of benzene rings is 6. The van der Waals surface area contributed by atoms with Crippen LogP contribution in [0, 0.1) is 0 Å². The molecule has 1 aliphatic heterocycles. The normalized spacial score (nSPS) is 15.1. The second kappa shape index (κ2) is 11.6. The van der Waals surface area contributed by atoms with E-state index in [0.717, 1.165) is 29.1 Å². The monoisotopic (exact) mass is 639 g/mol. The molecule has 0 fully saturated rings. The number of hydrogen-bond acceptors (Lipinski definition) is 2. The van der Waals surface area contributed by atoms with Crippen molar-refractivity contribution in [2.45, 2.75) is 12.3 Å². The van der Waals surface area contributed by atoms with Crippen LogP contribution in [0.1, 0.15) is 23.5 Å². The molecule has 0 radical (unpaired) electrons. The quantitative estimate of drug-likeness (QED) is 0.187. The van der Waals surface area contributed by atoms with Crippen LogP contribution in [0.2, 0.25) is 0 Å². The maximum absolute atomic E-state index is 5.37. The van der Waals surface area contributed by atoms with Crippen molar-refractivity contribution in [2.75, 3.05) is 4.90 Å². The third-order valence-electron chi connectivity index (χ3n) is 10.3. The average Bonchev–Trinajstić information content (AvgIpc) is 3.71. The molecule has 1 aliphatic carbocycles. The zero-order chi connectivity index (χ0) is 33.0. The van der Waals surface area contributed by atoms with Crippen molar-refractivity contribution in [1.82, 2.24) is 9.55 Å².